The lowest BCUT2D eigenvalue weighted by Crippen LogP contribution is -2.38. The van der Waals surface area contributed by atoms with Crippen LogP contribution in [-0.4, -0.2) is 37.2 Å². The fourth-order valence-corrected chi connectivity index (χ4v) is 2.04. The summed E-state index contributed by atoms with van der Waals surface area (Å²) in [7, 11) is 0. The maximum Gasteiger partial charge on any atom is 0.269 e. The van der Waals surface area contributed by atoms with Crippen molar-refractivity contribution >= 4 is 35.6 Å². The van der Waals surface area contributed by atoms with Crippen LogP contribution in [0.2, 0.25) is 0 Å². The van der Waals surface area contributed by atoms with Crippen LogP contribution in [0.3, 0.4) is 0 Å². The molecule has 0 unspecified atom stereocenters. The number of unbranched alkanes of at least 4 members (excludes halogenated alkanes) is 1. The van der Waals surface area contributed by atoms with Crippen molar-refractivity contribution < 1.29 is 9.66 Å². The molecule has 0 saturated heterocycles. The normalized spacial score (nSPS) is 10.9. The number of halogens is 1. The highest BCUT2D eigenvalue weighted by atomic mass is 127. The summed E-state index contributed by atoms with van der Waals surface area (Å²) in [6.07, 6.45) is 4.19. The van der Waals surface area contributed by atoms with E-state index in [0.717, 1.165) is 63.5 Å². The number of hydrogen-bond donors (Lipinski definition) is 2. The van der Waals surface area contributed by atoms with Crippen molar-refractivity contribution in [2.24, 2.45) is 4.99 Å². The second-order valence-electron chi connectivity index (χ2n) is 5.76. The van der Waals surface area contributed by atoms with Gasteiger partial charge in [0, 0.05) is 38.4 Å². The Kier molecular flexibility index (Phi) is 14.9. The maximum absolute atomic E-state index is 10.7. The molecule has 0 saturated carbocycles. The SMILES string of the molecule is CCCCOCCCNC(=NCc1ccc([N+](=O)[O-])cc1)NCCC.I. The maximum atomic E-state index is 10.7. The molecule has 0 aliphatic rings. The number of benzene rings is 1. The van der Waals surface area contributed by atoms with E-state index in [-0.39, 0.29) is 29.7 Å². The van der Waals surface area contributed by atoms with Crippen LogP contribution in [0.4, 0.5) is 5.69 Å². The molecule has 1 aromatic carbocycles. The third-order valence-electron chi connectivity index (χ3n) is 3.51. The first-order valence-electron chi connectivity index (χ1n) is 9.00. The number of hydrogen-bond acceptors (Lipinski definition) is 4. The van der Waals surface area contributed by atoms with E-state index in [2.05, 4.69) is 29.5 Å². The minimum absolute atomic E-state index is 0. The Hall–Kier alpha value is -1.42. The number of nitro benzene ring substituents is 1. The van der Waals surface area contributed by atoms with Crippen LogP contribution in [-0.2, 0) is 11.3 Å². The Morgan fingerprint density at radius 1 is 1.08 bits per heavy atom. The molecule has 0 atom stereocenters. The van der Waals surface area contributed by atoms with Gasteiger partial charge in [-0.05, 0) is 24.8 Å². The highest BCUT2D eigenvalue weighted by molar-refractivity contribution is 14.0. The summed E-state index contributed by atoms with van der Waals surface area (Å²) < 4.78 is 5.54. The van der Waals surface area contributed by atoms with Gasteiger partial charge in [-0.2, -0.15) is 0 Å². The van der Waals surface area contributed by atoms with Crippen LogP contribution in [0.25, 0.3) is 0 Å². The zero-order valence-electron chi connectivity index (χ0n) is 15.7. The number of aliphatic imine (C=N–C) groups is 1. The molecular formula is C18H31IN4O3. The predicted molar refractivity (Wildman–Crippen MR) is 116 cm³/mol. The number of guanidine groups is 1. The van der Waals surface area contributed by atoms with Crippen molar-refractivity contribution in [1.82, 2.24) is 10.6 Å². The molecule has 0 aliphatic heterocycles. The van der Waals surface area contributed by atoms with Gasteiger partial charge in [0.15, 0.2) is 5.96 Å². The fourth-order valence-electron chi connectivity index (χ4n) is 2.04. The van der Waals surface area contributed by atoms with Gasteiger partial charge in [0.05, 0.1) is 11.5 Å². The van der Waals surface area contributed by atoms with Gasteiger partial charge in [-0.1, -0.05) is 32.4 Å². The number of ether oxygens (including phenoxy) is 1. The summed E-state index contributed by atoms with van der Waals surface area (Å²) in [5, 5.41) is 17.2. The van der Waals surface area contributed by atoms with Crippen LogP contribution in [0.15, 0.2) is 29.3 Å². The van der Waals surface area contributed by atoms with Crippen LogP contribution < -0.4 is 10.6 Å². The van der Waals surface area contributed by atoms with Crippen molar-refractivity contribution in [1.29, 1.82) is 0 Å². The van der Waals surface area contributed by atoms with Crippen LogP contribution in [0.1, 0.15) is 45.1 Å². The molecule has 0 amide bonds. The standard InChI is InChI=1S/C18H30N4O3.HI/c1-3-5-13-25-14-6-12-20-18(19-11-4-2)21-15-16-7-9-17(10-8-16)22(23)24;/h7-10H,3-6,11-15H2,1-2H3,(H2,19,20,21);1H. The van der Waals surface area contributed by atoms with E-state index in [1.807, 2.05) is 0 Å². The highest BCUT2D eigenvalue weighted by Crippen LogP contribution is 2.12. The lowest BCUT2D eigenvalue weighted by Gasteiger charge is -2.12. The first-order valence-corrected chi connectivity index (χ1v) is 9.00. The van der Waals surface area contributed by atoms with Gasteiger partial charge in [0.25, 0.3) is 5.69 Å². The summed E-state index contributed by atoms with van der Waals surface area (Å²) >= 11 is 0. The van der Waals surface area contributed by atoms with Gasteiger partial charge in [-0.3, -0.25) is 10.1 Å². The van der Waals surface area contributed by atoms with Crippen molar-refractivity contribution in [2.45, 2.75) is 46.1 Å². The average molecular weight is 478 g/mol. The summed E-state index contributed by atoms with van der Waals surface area (Å²) in [4.78, 5) is 14.8. The summed E-state index contributed by atoms with van der Waals surface area (Å²) in [5.41, 5.74) is 1.03. The molecule has 0 aromatic heterocycles. The van der Waals surface area contributed by atoms with Gasteiger partial charge in [0.1, 0.15) is 0 Å². The molecule has 0 fully saturated rings. The second kappa shape index (κ2) is 15.8. The number of nitrogens with zero attached hydrogens (tertiary/aromatic N) is 2. The molecule has 1 rings (SSSR count). The zero-order chi connectivity index (χ0) is 18.3. The van der Waals surface area contributed by atoms with E-state index >= 15 is 0 Å². The van der Waals surface area contributed by atoms with E-state index in [4.69, 9.17) is 4.74 Å². The van der Waals surface area contributed by atoms with Crippen LogP contribution in [0, 0.1) is 10.1 Å². The Balaban J connectivity index is 0.00000625. The third kappa shape index (κ3) is 11.2. The number of non-ortho nitro benzene ring substituents is 1. The van der Waals surface area contributed by atoms with Crippen molar-refractivity contribution in [2.75, 3.05) is 26.3 Å². The molecule has 0 bridgehead atoms. The topological polar surface area (TPSA) is 88.8 Å². The monoisotopic (exact) mass is 478 g/mol. The Morgan fingerprint density at radius 3 is 2.35 bits per heavy atom. The van der Waals surface area contributed by atoms with Gasteiger partial charge >= 0.3 is 0 Å². The Morgan fingerprint density at radius 2 is 1.73 bits per heavy atom. The Bertz CT molecular complexity index is 524. The minimum atomic E-state index is -0.397. The second-order valence-corrected chi connectivity index (χ2v) is 5.76. The molecule has 0 heterocycles. The molecule has 0 aliphatic carbocycles. The molecule has 26 heavy (non-hydrogen) atoms. The molecule has 0 radical (unpaired) electrons. The predicted octanol–water partition coefficient (Wildman–Crippen LogP) is 3.86. The van der Waals surface area contributed by atoms with Crippen molar-refractivity contribution in [3.05, 3.63) is 39.9 Å². The molecule has 8 heteroatoms. The van der Waals surface area contributed by atoms with Gasteiger partial charge in [-0.15, -0.1) is 24.0 Å². The van der Waals surface area contributed by atoms with Gasteiger partial charge < -0.3 is 15.4 Å². The van der Waals surface area contributed by atoms with Crippen molar-refractivity contribution in [3.63, 3.8) is 0 Å². The molecule has 148 valence electrons. The molecule has 7 nitrogen and oxygen atoms in total. The quantitative estimate of drug-likeness (QED) is 0.119. The molecule has 1 aromatic rings. The van der Waals surface area contributed by atoms with Gasteiger partial charge in [0.2, 0.25) is 0 Å². The smallest absolute Gasteiger partial charge is 0.269 e. The molecule has 0 spiro atoms. The van der Waals surface area contributed by atoms with Crippen molar-refractivity contribution in [3.8, 4) is 0 Å². The molecular weight excluding hydrogens is 447 g/mol. The lowest BCUT2D eigenvalue weighted by atomic mass is 10.2. The van der Waals surface area contributed by atoms with E-state index in [9.17, 15) is 10.1 Å². The number of nitro groups is 1. The zero-order valence-corrected chi connectivity index (χ0v) is 18.0. The first kappa shape index (κ1) is 24.6. The minimum Gasteiger partial charge on any atom is -0.381 e. The van der Waals surface area contributed by atoms with Crippen LogP contribution in [0.5, 0.6) is 0 Å². The lowest BCUT2D eigenvalue weighted by molar-refractivity contribution is -0.384. The van der Waals surface area contributed by atoms with Crippen LogP contribution >= 0.6 is 24.0 Å². The number of nitrogens with one attached hydrogen (secondary N) is 2. The highest BCUT2D eigenvalue weighted by Gasteiger charge is 2.04. The van der Waals surface area contributed by atoms with Gasteiger partial charge in [-0.25, -0.2) is 4.99 Å². The van der Waals surface area contributed by atoms with E-state index < -0.39 is 4.92 Å². The summed E-state index contributed by atoms with van der Waals surface area (Å²) in [6.45, 7) is 7.94. The Labute approximate surface area is 173 Å². The summed E-state index contributed by atoms with van der Waals surface area (Å²) in [6, 6.07) is 6.48. The largest absolute Gasteiger partial charge is 0.381 e. The first-order chi connectivity index (χ1) is 12.2. The summed E-state index contributed by atoms with van der Waals surface area (Å²) in [5.74, 6) is 0.758. The fraction of sp³-hybridized carbons (Fsp3) is 0.611. The van der Waals surface area contributed by atoms with E-state index in [1.165, 1.54) is 12.1 Å². The number of rotatable bonds is 12. The van der Waals surface area contributed by atoms with E-state index in [0.29, 0.717) is 6.54 Å². The average Bonchev–Trinajstić information content (AvgIpc) is 2.62. The van der Waals surface area contributed by atoms with E-state index in [1.54, 1.807) is 12.1 Å². The molecule has 2 N–H and O–H groups in total. The third-order valence-corrected chi connectivity index (χ3v) is 3.51.